The highest BCUT2D eigenvalue weighted by Gasteiger charge is 2.21. The molecule has 1 heterocycles. The molecule has 1 aromatic carbocycles. The first-order valence-electron chi connectivity index (χ1n) is 8.87. The minimum absolute atomic E-state index is 0.450. The maximum atomic E-state index is 12.4. The van der Waals surface area contributed by atoms with E-state index in [-0.39, 0.29) is 0 Å². The molecule has 3 amide bonds. The summed E-state index contributed by atoms with van der Waals surface area (Å²) in [5, 5.41) is 14.4. The van der Waals surface area contributed by atoms with E-state index in [1.165, 1.54) is 11.8 Å². The highest BCUT2D eigenvalue weighted by Crippen LogP contribution is 2.29. The van der Waals surface area contributed by atoms with Gasteiger partial charge in [0.2, 0.25) is 5.91 Å². The molecule has 2 N–H and O–H groups in total. The number of rotatable bonds is 4. The number of benzene rings is 1. The van der Waals surface area contributed by atoms with Crippen LogP contribution >= 0.6 is 11.8 Å². The van der Waals surface area contributed by atoms with Gasteiger partial charge in [-0.1, -0.05) is 29.5 Å². The number of pyridine rings is 1. The second-order valence-electron chi connectivity index (χ2n) is 6.76. The third-order valence-electron chi connectivity index (χ3n) is 4.60. The van der Waals surface area contributed by atoms with Crippen LogP contribution in [0.25, 0.3) is 0 Å². The van der Waals surface area contributed by atoms with Crippen molar-refractivity contribution in [2.24, 2.45) is 0 Å². The van der Waals surface area contributed by atoms with E-state index in [2.05, 4.69) is 21.7 Å². The number of carbonyl (C=O) groups excluding carboxylic acids is 2. The van der Waals surface area contributed by atoms with Crippen LogP contribution in [0.2, 0.25) is 0 Å². The molecular formula is C21H24N4O2S. The highest BCUT2D eigenvalue weighted by atomic mass is 32.2. The van der Waals surface area contributed by atoms with Crippen LogP contribution in [0, 0.1) is 45.9 Å². The van der Waals surface area contributed by atoms with E-state index in [0.29, 0.717) is 16.3 Å². The summed E-state index contributed by atoms with van der Waals surface area (Å²) in [4.78, 5) is 29.0. The molecule has 0 aliphatic heterocycles. The number of aryl methyl sites for hydroxylation is 3. The monoisotopic (exact) mass is 396 g/mol. The van der Waals surface area contributed by atoms with Gasteiger partial charge >= 0.3 is 6.03 Å². The zero-order chi connectivity index (χ0) is 21.0. The van der Waals surface area contributed by atoms with Crippen molar-refractivity contribution >= 4 is 29.4 Å². The Morgan fingerprint density at radius 3 is 2.43 bits per heavy atom. The molecule has 0 saturated heterocycles. The fourth-order valence-electron chi connectivity index (χ4n) is 2.67. The van der Waals surface area contributed by atoms with E-state index < -0.39 is 17.2 Å². The Balaban J connectivity index is 2.07. The lowest BCUT2D eigenvalue weighted by atomic mass is 10.1. The van der Waals surface area contributed by atoms with Gasteiger partial charge in [0.1, 0.15) is 11.1 Å². The highest BCUT2D eigenvalue weighted by molar-refractivity contribution is 8.00. The summed E-state index contributed by atoms with van der Waals surface area (Å²) >= 11 is 1.17. The predicted octanol–water partition coefficient (Wildman–Crippen LogP) is 4.32. The fourth-order valence-corrected chi connectivity index (χ4v) is 3.68. The second kappa shape index (κ2) is 8.89. The Labute approximate surface area is 169 Å². The molecule has 2 rings (SSSR count). The number of anilines is 1. The normalized spacial score (nSPS) is 11.5. The molecular weight excluding hydrogens is 372 g/mol. The van der Waals surface area contributed by atoms with E-state index in [9.17, 15) is 14.9 Å². The van der Waals surface area contributed by atoms with E-state index in [1.54, 1.807) is 13.0 Å². The van der Waals surface area contributed by atoms with Crippen molar-refractivity contribution in [2.45, 2.75) is 51.8 Å². The van der Waals surface area contributed by atoms with Crippen LogP contribution in [0.4, 0.5) is 10.5 Å². The lowest BCUT2D eigenvalue weighted by molar-refractivity contribution is -0.119. The summed E-state index contributed by atoms with van der Waals surface area (Å²) in [6.45, 7) is 11.2. The molecule has 0 aliphatic rings. The van der Waals surface area contributed by atoms with Crippen molar-refractivity contribution in [3.8, 4) is 6.07 Å². The number of carbonyl (C=O) groups is 2. The molecule has 6 nitrogen and oxygen atoms in total. The molecule has 28 heavy (non-hydrogen) atoms. The number of nitrogens with one attached hydrogen (secondary N) is 2. The van der Waals surface area contributed by atoms with Gasteiger partial charge in [-0.25, -0.2) is 9.78 Å². The van der Waals surface area contributed by atoms with Crippen molar-refractivity contribution in [3.05, 3.63) is 51.7 Å². The molecule has 0 fully saturated rings. The molecule has 0 spiro atoms. The summed E-state index contributed by atoms with van der Waals surface area (Å²) in [6, 6.07) is 7.22. The molecule has 0 aliphatic carbocycles. The number of urea groups is 1. The van der Waals surface area contributed by atoms with Crippen molar-refractivity contribution in [1.82, 2.24) is 10.3 Å². The van der Waals surface area contributed by atoms with Gasteiger partial charge in [-0.05, 0) is 64.3 Å². The largest absolute Gasteiger partial charge is 0.325 e. The first kappa shape index (κ1) is 21.5. The minimum atomic E-state index is -0.592. The van der Waals surface area contributed by atoms with E-state index in [0.717, 1.165) is 27.9 Å². The third-order valence-corrected chi connectivity index (χ3v) is 5.69. The van der Waals surface area contributed by atoms with Crippen LogP contribution in [-0.2, 0) is 4.79 Å². The summed E-state index contributed by atoms with van der Waals surface area (Å²) in [5.74, 6) is -0.450. The summed E-state index contributed by atoms with van der Waals surface area (Å²) in [7, 11) is 0. The van der Waals surface area contributed by atoms with Gasteiger partial charge in [0.15, 0.2) is 0 Å². The zero-order valence-electron chi connectivity index (χ0n) is 16.9. The van der Waals surface area contributed by atoms with E-state index in [4.69, 9.17) is 0 Å². The molecule has 0 radical (unpaired) electrons. The number of nitriles is 1. The number of thioether (sulfide) groups is 1. The number of nitrogens with zero attached hydrogens (tertiary/aromatic N) is 2. The number of hydrogen-bond donors (Lipinski definition) is 2. The van der Waals surface area contributed by atoms with Crippen LogP contribution in [0.3, 0.4) is 0 Å². The summed E-state index contributed by atoms with van der Waals surface area (Å²) < 4.78 is 0. The van der Waals surface area contributed by atoms with Crippen molar-refractivity contribution in [3.63, 3.8) is 0 Å². The molecule has 1 aromatic heterocycles. The maximum absolute atomic E-state index is 12.4. The fraction of sp³-hybridized carbons (Fsp3) is 0.333. The second-order valence-corrected chi connectivity index (χ2v) is 8.09. The molecule has 146 valence electrons. The number of hydrogen-bond acceptors (Lipinski definition) is 5. The first-order valence-corrected chi connectivity index (χ1v) is 9.75. The molecule has 1 atom stereocenters. The Hall–Kier alpha value is -2.85. The number of amides is 3. The van der Waals surface area contributed by atoms with Gasteiger partial charge in [0, 0.05) is 11.4 Å². The smallest absolute Gasteiger partial charge is 0.307 e. The van der Waals surface area contributed by atoms with Crippen molar-refractivity contribution in [1.29, 1.82) is 5.26 Å². The van der Waals surface area contributed by atoms with E-state index >= 15 is 0 Å². The quantitative estimate of drug-likeness (QED) is 0.750. The standard InChI is InChI=1S/C21H24N4O2S/c1-11-7-8-18(12(2)9-11)24-21(27)25-19(26)16(6)28-20-17(10-22)14(4)13(3)15(5)23-20/h7-9,16H,1-6H3,(H2,24,25,26,27)/t16-/m0/s1. The van der Waals surface area contributed by atoms with Gasteiger partial charge in [0.05, 0.1) is 10.8 Å². The van der Waals surface area contributed by atoms with Crippen LogP contribution < -0.4 is 10.6 Å². The lowest BCUT2D eigenvalue weighted by Crippen LogP contribution is -2.39. The minimum Gasteiger partial charge on any atom is -0.307 e. The van der Waals surface area contributed by atoms with Gasteiger partial charge in [-0.15, -0.1) is 0 Å². The zero-order valence-corrected chi connectivity index (χ0v) is 17.7. The Morgan fingerprint density at radius 1 is 1.14 bits per heavy atom. The van der Waals surface area contributed by atoms with Gasteiger partial charge in [-0.3, -0.25) is 10.1 Å². The summed E-state index contributed by atoms with van der Waals surface area (Å²) in [6.07, 6.45) is 0. The van der Waals surface area contributed by atoms with E-state index in [1.807, 2.05) is 46.8 Å². The molecule has 0 unspecified atom stereocenters. The van der Waals surface area contributed by atoms with Crippen LogP contribution in [0.15, 0.2) is 23.2 Å². The predicted molar refractivity (Wildman–Crippen MR) is 112 cm³/mol. The Morgan fingerprint density at radius 2 is 1.82 bits per heavy atom. The van der Waals surface area contributed by atoms with Gasteiger partial charge < -0.3 is 5.32 Å². The van der Waals surface area contributed by atoms with Crippen LogP contribution in [0.5, 0.6) is 0 Å². The van der Waals surface area contributed by atoms with Crippen molar-refractivity contribution < 1.29 is 9.59 Å². The lowest BCUT2D eigenvalue weighted by Gasteiger charge is -2.15. The third kappa shape index (κ3) is 4.90. The maximum Gasteiger partial charge on any atom is 0.325 e. The molecule has 0 saturated carbocycles. The Kier molecular flexibility index (Phi) is 6.81. The average Bonchev–Trinajstić information content (AvgIpc) is 2.62. The van der Waals surface area contributed by atoms with Crippen LogP contribution in [0.1, 0.15) is 40.4 Å². The average molecular weight is 397 g/mol. The van der Waals surface area contributed by atoms with Gasteiger partial charge in [0.25, 0.3) is 0 Å². The Bertz CT molecular complexity index is 979. The van der Waals surface area contributed by atoms with Gasteiger partial charge in [-0.2, -0.15) is 5.26 Å². The first-order chi connectivity index (χ1) is 13.1. The number of imide groups is 1. The molecule has 7 heteroatoms. The topological polar surface area (TPSA) is 94.9 Å². The molecule has 2 aromatic rings. The SMILES string of the molecule is Cc1ccc(NC(=O)NC(=O)[C@H](C)Sc2nc(C)c(C)c(C)c2C#N)c(C)c1. The molecule has 0 bridgehead atoms. The van der Waals surface area contributed by atoms with Crippen molar-refractivity contribution in [2.75, 3.05) is 5.32 Å². The summed E-state index contributed by atoms with van der Waals surface area (Å²) in [5.41, 5.74) is 5.76. The van der Waals surface area contributed by atoms with Crippen LogP contribution in [-0.4, -0.2) is 22.2 Å². The number of aromatic nitrogens is 1.